The molecule has 38 heavy (non-hydrogen) atoms. The Morgan fingerprint density at radius 1 is 0.895 bits per heavy atom. The van der Waals surface area contributed by atoms with Gasteiger partial charge in [-0.05, 0) is 60.7 Å². The minimum atomic E-state index is -0.684. The molecule has 0 spiro atoms. The average Bonchev–Trinajstić information content (AvgIpc) is 3.30. The van der Waals surface area contributed by atoms with Gasteiger partial charge in [-0.15, -0.1) is 0 Å². The van der Waals surface area contributed by atoms with Crippen molar-refractivity contribution in [1.82, 2.24) is 0 Å². The Balaban J connectivity index is 1.27. The standard InChI is InChI=1S/C28H27N3O7/c1-18(32)29-20-7-9-21(10-8-20)30-26(33)17-37-28(35)19-15-27(34)31(16-19)22-11-13-23(14-12-22)38-25-6-4-3-5-24(25)36-2/h3-14,19H,15-17H2,1-2H3,(H,29,32)(H,30,33)/t19-/m1/s1. The number of amides is 3. The number of ether oxygens (including phenoxy) is 3. The van der Waals surface area contributed by atoms with Crippen LogP contribution in [0, 0.1) is 5.92 Å². The van der Waals surface area contributed by atoms with E-state index in [2.05, 4.69) is 10.6 Å². The number of nitrogens with one attached hydrogen (secondary N) is 2. The summed E-state index contributed by atoms with van der Waals surface area (Å²) in [4.78, 5) is 49.9. The van der Waals surface area contributed by atoms with Crippen molar-refractivity contribution in [2.24, 2.45) is 5.92 Å². The van der Waals surface area contributed by atoms with Crippen LogP contribution in [0.15, 0.2) is 72.8 Å². The first kappa shape index (κ1) is 26.2. The van der Waals surface area contributed by atoms with Gasteiger partial charge in [0.25, 0.3) is 5.91 Å². The molecular formula is C28H27N3O7. The van der Waals surface area contributed by atoms with Crippen LogP contribution < -0.4 is 25.0 Å². The van der Waals surface area contributed by atoms with Gasteiger partial charge in [0.15, 0.2) is 18.1 Å². The number of hydrogen-bond donors (Lipinski definition) is 2. The third-order valence-corrected chi connectivity index (χ3v) is 5.74. The summed E-state index contributed by atoms with van der Waals surface area (Å²) >= 11 is 0. The number of hydrogen-bond acceptors (Lipinski definition) is 7. The molecule has 1 atom stereocenters. The minimum Gasteiger partial charge on any atom is -0.493 e. The molecule has 0 unspecified atom stereocenters. The van der Waals surface area contributed by atoms with E-state index in [1.165, 1.54) is 11.8 Å². The van der Waals surface area contributed by atoms with Crippen LogP contribution in [0.2, 0.25) is 0 Å². The maximum Gasteiger partial charge on any atom is 0.311 e. The van der Waals surface area contributed by atoms with Gasteiger partial charge in [-0.25, -0.2) is 0 Å². The summed E-state index contributed by atoms with van der Waals surface area (Å²) in [6.45, 7) is 1.07. The van der Waals surface area contributed by atoms with Crippen molar-refractivity contribution in [1.29, 1.82) is 0 Å². The second-order valence-electron chi connectivity index (χ2n) is 8.57. The number of rotatable bonds is 9. The summed E-state index contributed by atoms with van der Waals surface area (Å²) in [7, 11) is 1.56. The quantitative estimate of drug-likeness (QED) is 0.412. The lowest BCUT2D eigenvalue weighted by atomic mass is 10.1. The molecule has 0 aromatic heterocycles. The van der Waals surface area contributed by atoms with E-state index in [1.807, 2.05) is 12.1 Å². The molecule has 3 aromatic carbocycles. The van der Waals surface area contributed by atoms with Gasteiger partial charge < -0.3 is 29.7 Å². The normalized spacial score (nSPS) is 14.5. The molecule has 10 heteroatoms. The summed E-state index contributed by atoms with van der Waals surface area (Å²) in [5.41, 5.74) is 1.70. The van der Waals surface area contributed by atoms with Crippen LogP contribution in [0.3, 0.4) is 0 Å². The SMILES string of the molecule is COc1ccccc1Oc1ccc(N2C[C@H](C(=O)OCC(=O)Nc3ccc(NC(C)=O)cc3)CC2=O)cc1. The van der Waals surface area contributed by atoms with Crippen molar-refractivity contribution in [3.05, 3.63) is 72.8 Å². The maximum absolute atomic E-state index is 12.6. The highest BCUT2D eigenvalue weighted by molar-refractivity contribution is 6.00. The van der Waals surface area contributed by atoms with E-state index in [-0.39, 0.29) is 24.8 Å². The van der Waals surface area contributed by atoms with Gasteiger partial charge in [-0.1, -0.05) is 12.1 Å². The first-order valence-electron chi connectivity index (χ1n) is 11.9. The molecule has 196 valence electrons. The van der Waals surface area contributed by atoms with Crippen molar-refractivity contribution in [2.45, 2.75) is 13.3 Å². The molecular weight excluding hydrogens is 490 g/mol. The number of para-hydroxylation sites is 2. The molecule has 0 aliphatic carbocycles. The molecule has 1 heterocycles. The first-order valence-corrected chi connectivity index (χ1v) is 11.9. The molecule has 1 fully saturated rings. The number of nitrogens with zero attached hydrogens (tertiary/aromatic N) is 1. The Hall–Kier alpha value is -4.86. The number of carbonyl (C=O) groups excluding carboxylic acids is 4. The van der Waals surface area contributed by atoms with E-state index < -0.39 is 24.4 Å². The molecule has 10 nitrogen and oxygen atoms in total. The van der Waals surface area contributed by atoms with Crippen LogP contribution in [0.25, 0.3) is 0 Å². The Labute approximate surface area is 219 Å². The highest BCUT2D eigenvalue weighted by Gasteiger charge is 2.36. The first-order chi connectivity index (χ1) is 18.3. The fraction of sp³-hybridized carbons (Fsp3) is 0.214. The van der Waals surface area contributed by atoms with Gasteiger partial charge in [0.05, 0.1) is 13.0 Å². The van der Waals surface area contributed by atoms with Crippen LogP contribution in [0.5, 0.6) is 17.2 Å². The van der Waals surface area contributed by atoms with Gasteiger partial charge in [-0.2, -0.15) is 0 Å². The van der Waals surface area contributed by atoms with Crippen molar-refractivity contribution in [2.75, 3.05) is 35.8 Å². The van der Waals surface area contributed by atoms with Gasteiger partial charge >= 0.3 is 5.97 Å². The van der Waals surface area contributed by atoms with Gasteiger partial charge in [0, 0.05) is 37.0 Å². The number of anilines is 3. The second-order valence-corrected chi connectivity index (χ2v) is 8.57. The smallest absolute Gasteiger partial charge is 0.311 e. The lowest BCUT2D eigenvalue weighted by Crippen LogP contribution is -2.28. The molecule has 3 aromatic rings. The largest absolute Gasteiger partial charge is 0.493 e. The molecule has 3 amide bonds. The Morgan fingerprint density at radius 3 is 2.16 bits per heavy atom. The Bertz CT molecular complexity index is 1320. The molecule has 1 saturated heterocycles. The second kappa shape index (κ2) is 11.9. The van der Waals surface area contributed by atoms with Gasteiger partial charge in [0.1, 0.15) is 5.75 Å². The third-order valence-electron chi connectivity index (χ3n) is 5.74. The zero-order valence-electron chi connectivity index (χ0n) is 20.9. The topological polar surface area (TPSA) is 123 Å². The molecule has 2 N–H and O–H groups in total. The van der Waals surface area contributed by atoms with Gasteiger partial charge in [0.2, 0.25) is 11.8 Å². The average molecular weight is 518 g/mol. The van der Waals surface area contributed by atoms with Crippen LogP contribution in [0.1, 0.15) is 13.3 Å². The summed E-state index contributed by atoms with van der Waals surface area (Å²) in [6.07, 6.45) is -0.00940. The maximum atomic E-state index is 12.6. The van der Waals surface area contributed by atoms with E-state index in [1.54, 1.807) is 67.8 Å². The summed E-state index contributed by atoms with van der Waals surface area (Å²) < 4.78 is 16.3. The molecule has 0 saturated carbocycles. The highest BCUT2D eigenvalue weighted by atomic mass is 16.5. The van der Waals surface area contributed by atoms with Crippen molar-refractivity contribution in [3.63, 3.8) is 0 Å². The van der Waals surface area contributed by atoms with E-state index in [4.69, 9.17) is 14.2 Å². The van der Waals surface area contributed by atoms with Crippen LogP contribution in [-0.2, 0) is 23.9 Å². The molecule has 0 radical (unpaired) electrons. The van der Waals surface area contributed by atoms with Crippen molar-refractivity contribution >= 4 is 40.8 Å². The minimum absolute atomic E-state index is 0.00940. The number of carbonyl (C=O) groups is 4. The van der Waals surface area contributed by atoms with Gasteiger partial charge in [-0.3, -0.25) is 19.2 Å². The fourth-order valence-corrected chi connectivity index (χ4v) is 3.93. The predicted molar refractivity (Wildman–Crippen MR) is 140 cm³/mol. The summed E-state index contributed by atoms with van der Waals surface area (Å²) in [5.74, 6) is -0.504. The van der Waals surface area contributed by atoms with Crippen LogP contribution >= 0.6 is 0 Å². The summed E-state index contributed by atoms with van der Waals surface area (Å²) in [6, 6.07) is 20.7. The lowest BCUT2D eigenvalue weighted by Gasteiger charge is -2.17. The zero-order chi connectivity index (χ0) is 27.1. The summed E-state index contributed by atoms with van der Waals surface area (Å²) in [5, 5.41) is 5.24. The zero-order valence-corrected chi connectivity index (χ0v) is 20.9. The highest BCUT2D eigenvalue weighted by Crippen LogP contribution is 2.33. The number of benzene rings is 3. The van der Waals surface area contributed by atoms with Crippen LogP contribution in [0.4, 0.5) is 17.1 Å². The molecule has 1 aliphatic rings. The van der Waals surface area contributed by atoms with Crippen molar-refractivity contribution < 1.29 is 33.4 Å². The fourth-order valence-electron chi connectivity index (χ4n) is 3.93. The third kappa shape index (κ3) is 6.67. The number of methoxy groups -OCH3 is 1. The lowest BCUT2D eigenvalue weighted by molar-refractivity contribution is -0.151. The van der Waals surface area contributed by atoms with E-state index in [0.29, 0.717) is 34.3 Å². The van der Waals surface area contributed by atoms with E-state index in [0.717, 1.165) is 0 Å². The van der Waals surface area contributed by atoms with E-state index in [9.17, 15) is 19.2 Å². The molecule has 0 bridgehead atoms. The molecule has 1 aliphatic heterocycles. The van der Waals surface area contributed by atoms with Crippen LogP contribution in [-0.4, -0.2) is 44.0 Å². The number of esters is 1. The molecule has 4 rings (SSSR count). The predicted octanol–water partition coefficient (Wildman–Crippen LogP) is 3.98. The van der Waals surface area contributed by atoms with Crippen molar-refractivity contribution in [3.8, 4) is 17.2 Å². The monoisotopic (exact) mass is 517 g/mol. The Kier molecular flexibility index (Phi) is 8.22. The van der Waals surface area contributed by atoms with E-state index >= 15 is 0 Å². The Morgan fingerprint density at radius 2 is 1.53 bits per heavy atom.